The minimum Gasteiger partial charge on any atom is -0.382 e. The number of methoxy groups -OCH3 is 2. The van der Waals surface area contributed by atoms with Crippen LogP contribution in [-0.2, 0) is 9.47 Å². The monoisotopic (exact) mass is 255 g/mol. The van der Waals surface area contributed by atoms with Gasteiger partial charge >= 0.3 is 0 Å². The maximum atomic E-state index is 5.39. The highest BCUT2D eigenvalue weighted by Gasteiger charge is 2.37. The quantitative estimate of drug-likeness (QED) is 0.791. The Labute approximate surface area is 112 Å². The second-order valence-corrected chi connectivity index (χ2v) is 6.20. The van der Waals surface area contributed by atoms with Crippen molar-refractivity contribution in [3.63, 3.8) is 0 Å². The Hall–Kier alpha value is -0.120. The average molecular weight is 255 g/mol. The SMILES string of the molecule is COCC(CNC1CCC2(CCCC2)CC1)OC. The molecule has 0 aromatic carbocycles. The summed E-state index contributed by atoms with van der Waals surface area (Å²) in [6.07, 6.45) is 11.7. The topological polar surface area (TPSA) is 30.5 Å². The van der Waals surface area contributed by atoms with Crippen molar-refractivity contribution >= 4 is 0 Å². The van der Waals surface area contributed by atoms with Crippen molar-refractivity contribution in [1.82, 2.24) is 5.32 Å². The van der Waals surface area contributed by atoms with E-state index in [0.29, 0.717) is 12.6 Å². The molecule has 1 atom stereocenters. The van der Waals surface area contributed by atoms with E-state index in [9.17, 15) is 0 Å². The molecule has 2 aliphatic carbocycles. The van der Waals surface area contributed by atoms with Gasteiger partial charge in [-0.2, -0.15) is 0 Å². The van der Waals surface area contributed by atoms with Gasteiger partial charge in [-0.1, -0.05) is 12.8 Å². The number of hydrogen-bond donors (Lipinski definition) is 1. The second kappa shape index (κ2) is 6.88. The van der Waals surface area contributed by atoms with E-state index in [1.165, 1.54) is 51.4 Å². The van der Waals surface area contributed by atoms with Crippen LogP contribution < -0.4 is 5.32 Å². The van der Waals surface area contributed by atoms with Crippen molar-refractivity contribution in [3.8, 4) is 0 Å². The summed E-state index contributed by atoms with van der Waals surface area (Å²) in [6, 6.07) is 0.700. The van der Waals surface area contributed by atoms with E-state index in [1.54, 1.807) is 14.2 Å². The van der Waals surface area contributed by atoms with Gasteiger partial charge in [-0.25, -0.2) is 0 Å². The molecule has 0 aliphatic heterocycles. The molecule has 2 aliphatic rings. The Morgan fingerprint density at radius 1 is 1.11 bits per heavy atom. The first-order chi connectivity index (χ1) is 8.78. The van der Waals surface area contributed by atoms with E-state index in [0.717, 1.165) is 12.0 Å². The van der Waals surface area contributed by atoms with Crippen LogP contribution in [0.5, 0.6) is 0 Å². The summed E-state index contributed by atoms with van der Waals surface area (Å²) in [5.41, 5.74) is 0.741. The predicted octanol–water partition coefficient (Wildman–Crippen LogP) is 2.74. The summed E-state index contributed by atoms with van der Waals surface area (Å²) in [4.78, 5) is 0. The molecule has 0 bridgehead atoms. The zero-order valence-electron chi connectivity index (χ0n) is 12.0. The van der Waals surface area contributed by atoms with E-state index in [1.807, 2.05) is 0 Å². The van der Waals surface area contributed by atoms with Gasteiger partial charge in [-0.3, -0.25) is 0 Å². The van der Waals surface area contributed by atoms with Crippen LogP contribution in [0.3, 0.4) is 0 Å². The first kappa shape index (κ1) is 14.3. The number of ether oxygens (including phenoxy) is 2. The largest absolute Gasteiger partial charge is 0.382 e. The lowest BCUT2D eigenvalue weighted by atomic mass is 9.71. The van der Waals surface area contributed by atoms with Crippen LogP contribution in [-0.4, -0.2) is 39.5 Å². The molecule has 0 saturated heterocycles. The predicted molar refractivity (Wildman–Crippen MR) is 73.8 cm³/mol. The van der Waals surface area contributed by atoms with Crippen molar-refractivity contribution in [2.75, 3.05) is 27.4 Å². The van der Waals surface area contributed by atoms with Gasteiger partial charge in [-0.05, 0) is 43.9 Å². The Morgan fingerprint density at radius 3 is 2.33 bits per heavy atom. The highest BCUT2D eigenvalue weighted by molar-refractivity contribution is 4.91. The van der Waals surface area contributed by atoms with Crippen LogP contribution in [0, 0.1) is 5.41 Å². The van der Waals surface area contributed by atoms with Gasteiger partial charge < -0.3 is 14.8 Å². The highest BCUT2D eigenvalue weighted by atomic mass is 16.5. The molecule has 18 heavy (non-hydrogen) atoms. The fraction of sp³-hybridized carbons (Fsp3) is 1.00. The fourth-order valence-electron chi connectivity index (χ4n) is 3.75. The Bertz CT molecular complexity index is 229. The van der Waals surface area contributed by atoms with Crippen molar-refractivity contribution in [2.24, 2.45) is 5.41 Å². The lowest BCUT2D eigenvalue weighted by Crippen LogP contribution is -2.41. The normalized spacial score (nSPS) is 25.7. The van der Waals surface area contributed by atoms with Gasteiger partial charge in [0.15, 0.2) is 0 Å². The van der Waals surface area contributed by atoms with E-state index in [2.05, 4.69) is 5.32 Å². The molecule has 0 amide bonds. The fourth-order valence-corrected chi connectivity index (χ4v) is 3.75. The third-order valence-electron chi connectivity index (χ3n) is 5.03. The van der Waals surface area contributed by atoms with Crippen LogP contribution in [0.25, 0.3) is 0 Å². The molecule has 2 rings (SSSR count). The van der Waals surface area contributed by atoms with Crippen molar-refractivity contribution < 1.29 is 9.47 Å². The third-order valence-corrected chi connectivity index (χ3v) is 5.03. The molecular formula is C15H29NO2. The molecule has 0 aromatic heterocycles. The van der Waals surface area contributed by atoms with Crippen LogP contribution in [0.1, 0.15) is 51.4 Å². The molecule has 1 N–H and O–H groups in total. The minimum absolute atomic E-state index is 0.192. The second-order valence-electron chi connectivity index (χ2n) is 6.20. The lowest BCUT2D eigenvalue weighted by molar-refractivity contribution is 0.0253. The maximum absolute atomic E-state index is 5.39. The molecule has 2 saturated carbocycles. The lowest BCUT2D eigenvalue weighted by Gasteiger charge is -2.38. The smallest absolute Gasteiger partial charge is 0.0928 e. The molecule has 106 valence electrons. The average Bonchev–Trinajstić information content (AvgIpc) is 2.85. The van der Waals surface area contributed by atoms with E-state index < -0.39 is 0 Å². The maximum Gasteiger partial charge on any atom is 0.0928 e. The zero-order chi connectivity index (χ0) is 12.8. The highest BCUT2D eigenvalue weighted by Crippen LogP contribution is 2.48. The molecule has 3 nitrogen and oxygen atoms in total. The minimum atomic E-state index is 0.192. The molecule has 1 unspecified atom stereocenters. The van der Waals surface area contributed by atoms with Crippen LogP contribution >= 0.6 is 0 Å². The standard InChI is InChI=1S/C15H29NO2/c1-17-12-14(18-2)11-16-13-5-9-15(10-6-13)7-3-4-8-15/h13-14,16H,3-12H2,1-2H3. The number of hydrogen-bond acceptors (Lipinski definition) is 3. The van der Waals surface area contributed by atoms with Gasteiger partial charge in [0.05, 0.1) is 12.7 Å². The van der Waals surface area contributed by atoms with Gasteiger partial charge in [0.2, 0.25) is 0 Å². The summed E-state index contributed by atoms with van der Waals surface area (Å²) < 4.78 is 10.5. The third kappa shape index (κ3) is 3.69. The summed E-state index contributed by atoms with van der Waals surface area (Å²) in [5.74, 6) is 0. The van der Waals surface area contributed by atoms with E-state index in [-0.39, 0.29) is 6.10 Å². The van der Waals surface area contributed by atoms with Crippen molar-refractivity contribution in [1.29, 1.82) is 0 Å². The summed E-state index contributed by atoms with van der Waals surface area (Å²) in [7, 11) is 3.50. The summed E-state index contributed by atoms with van der Waals surface area (Å²) >= 11 is 0. The van der Waals surface area contributed by atoms with Gasteiger partial charge in [-0.15, -0.1) is 0 Å². The Balaban J connectivity index is 1.66. The summed E-state index contributed by atoms with van der Waals surface area (Å²) in [5, 5.41) is 3.66. The Morgan fingerprint density at radius 2 is 1.78 bits per heavy atom. The molecule has 0 heterocycles. The first-order valence-electron chi connectivity index (χ1n) is 7.53. The number of nitrogens with one attached hydrogen (secondary N) is 1. The van der Waals surface area contributed by atoms with Gasteiger partial charge in [0, 0.05) is 26.8 Å². The molecule has 2 fully saturated rings. The number of rotatable bonds is 6. The molecule has 3 heteroatoms. The van der Waals surface area contributed by atoms with Crippen LogP contribution in [0.4, 0.5) is 0 Å². The first-order valence-corrected chi connectivity index (χ1v) is 7.53. The van der Waals surface area contributed by atoms with Crippen LogP contribution in [0.2, 0.25) is 0 Å². The van der Waals surface area contributed by atoms with Crippen LogP contribution in [0.15, 0.2) is 0 Å². The van der Waals surface area contributed by atoms with Gasteiger partial charge in [0.1, 0.15) is 0 Å². The molecule has 1 spiro atoms. The van der Waals surface area contributed by atoms with Crippen molar-refractivity contribution in [3.05, 3.63) is 0 Å². The van der Waals surface area contributed by atoms with E-state index in [4.69, 9.17) is 9.47 Å². The molecular weight excluding hydrogens is 226 g/mol. The zero-order valence-corrected chi connectivity index (χ0v) is 12.0. The molecule has 0 aromatic rings. The van der Waals surface area contributed by atoms with Crippen molar-refractivity contribution in [2.45, 2.75) is 63.5 Å². The Kier molecular flexibility index (Phi) is 5.46. The molecule has 0 radical (unpaired) electrons. The van der Waals surface area contributed by atoms with Gasteiger partial charge in [0.25, 0.3) is 0 Å². The van der Waals surface area contributed by atoms with E-state index >= 15 is 0 Å². The summed E-state index contributed by atoms with van der Waals surface area (Å²) in [6.45, 7) is 1.60.